The lowest BCUT2D eigenvalue weighted by Gasteiger charge is -2.35. The largest absolute Gasteiger partial charge is 0.371 e. The SMILES string of the molecule is CCc1ccccc1N1CCC(Nn2cccc2)CC1. The van der Waals surface area contributed by atoms with Crippen LogP contribution in [0, 0.1) is 0 Å². The number of hydrogen-bond donors (Lipinski definition) is 1. The molecule has 0 radical (unpaired) electrons. The summed E-state index contributed by atoms with van der Waals surface area (Å²) in [5.74, 6) is 0. The van der Waals surface area contributed by atoms with Crippen molar-refractivity contribution < 1.29 is 0 Å². The average Bonchev–Trinajstić information content (AvgIpc) is 3.01. The van der Waals surface area contributed by atoms with E-state index in [4.69, 9.17) is 0 Å². The number of piperidine rings is 1. The molecule has 1 fully saturated rings. The van der Waals surface area contributed by atoms with Gasteiger partial charge in [0.1, 0.15) is 0 Å². The molecule has 1 aromatic carbocycles. The number of hydrogen-bond acceptors (Lipinski definition) is 2. The second-order valence-corrected chi connectivity index (χ2v) is 5.46. The minimum absolute atomic E-state index is 0.576. The third kappa shape index (κ3) is 2.82. The summed E-state index contributed by atoms with van der Waals surface area (Å²) >= 11 is 0. The highest BCUT2D eigenvalue weighted by molar-refractivity contribution is 5.54. The van der Waals surface area contributed by atoms with Gasteiger partial charge in [0.2, 0.25) is 0 Å². The fraction of sp³-hybridized carbons (Fsp3) is 0.412. The summed E-state index contributed by atoms with van der Waals surface area (Å²) in [6, 6.07) is 13.5. The molecule has 3 heteroatoms. The van der Waals surface area contributed by atoms with Crippen LogP contribution in [0.15, 0.2) is 48.8 Å². The van der Waals surface area contributed by atoms with Crippen molar-refractivity contribution in [3.63, 3.8) is 0 Å². The summed E-state index contributed by atoms with van der Waals surface area (Å²) in [4.78, 5) is 2.53. The van der Waals surface area contributed by atoms with Gasteiger partial charge in [-0.1, -0.05) is 25.1 Å². The zero-order valence-electron chi connectivity index (χ0n) is 12.1. The summed E-state index contributed by atoms with van der Waals surface area (Å²) in [6.07, 6.45) is 7.63. The van der Waals surface area contributed by atoms with Crippen LogP contribution in [0.3, 0.4) is 0 Å². The highest BCUT2D eigenvalue weighted by atomic mass is 15.4. The molecule has 2 aromatic rings. The van der Waals surface area contributed by atoms with Gasteiger partial charge in [0.05, 0.1) is 0 Å². The monoisotopic (exact) mass is 269 g/mol. The fourth-order valence-corrected chi connectivity index (χ4v) is 3.00. The topological polar surface area (TPSA) is 20.2 Å². The van der Waals surface area contributed by atoms with E-state index in [0.29, 0.717) is 6.04 Å². The number of aromatic nitrogens is 1. The van der Waals surface area contributed by atoms with Crippen molar-refractivity contribution in [1.82, 2.24) is 4.68 Å². The van der Waals surface area contributed by atoms with Gasteiger partial charge in [-0.05, 0) is 43.0 Å². The van der Waals surface area contributed by atoms with Crippen molar-refractivity contribution in [2.75, 3.05) is 23.4 Å². The Kier molecular flexibility index (Phi) is 3.95. The van der Waals surface area contributed by atoms with Crippen LogP contribution in [-0.2, 0) is 6.42 Å². The zero-order valence-corrected chi connectivity index (χ0v) is 12.1. The summed E-state index contributed by atoms with van der Waals surface area (Å²) in [5, 5.41) is 0. The zero-order chi connectivity index (χ0) is 13.8. The van der Waals surface area contributed by atoms with E-state index < -0.39 is 0 Å². The van der Waals surface area contributed by atoms with Gasteiger partial charge < -0.3 is 10.3 Å². The van der Waals surface area contributed by atoms with Crippen molar-refractivity contribution in [2.24, 2.45) is 0 Å². The quantitative estimate of drug-likeness (QED) is 0.919. The van der Waals surface area contributed by atoms with Gasteiger partial charge in [-0.2, -0.15) is 0 Å². The molecule has 1 saturated heterocycles. The van der Waals surface area contributed by atoms with E-state index in [-0.39, 0.29) is 0 Å². The van der Waals surface area contributed by atoms with Crippen molar-refractivity contribution in [3.05, 3.63) is 54.4 Å². The molecule has 1 aromatic heterocycles. The van der Waals surface area contributed by atoms with Crippen LogP contribution >= 0.6 is 0 Å². The molecule has 20 heavy (non-hydrogen) atoms. The number of nitrogens with zero attached hydrogens (tertiary/aromatic N) is 2. The number of nitrogens with one attached hydrogen (secondary N) is 1. The molecular formula is C17H23N3. The third-order valence-corrected chi connectivity index (χ3v) is 4.14. The Morgan fingerprint density at radius 2 is 1.75 bits per heavy atom. The maximum absolute atomic E-state index is 3.55. The maximum Gasteiger partial charge on any atom is 0.0458 e. The lowest BCUT2D eigenvalue weighted by Crippen LogP contribution is -2.41. The van der Waals surface area contributed by atoms with Gasteiger partial charge in [-0.15, -0.1) is 0 Å². The lowest BCUT2D eigenvalue weighted by atomic mass is 10.0. The molecular weight excluding hydrogens is 246 g/mol. The van der Waals surface area contributed by atoms with Gasteiger partial charge in [0.15, 0.2) is 0 Å². The maximum atomic E-state index is 3.55. The van der Waals surface area contributed by atoms with Crippen molar-refractivity contribution >= 4 is 5.69 Å². The molecule has 0 saturated carbocycles. The fourth-order valence-electron chi connectivity index (χ4n) is 3.00. The Bertz CT molecular complexity index is 525. The van der Waals surface area contributed by atoms with Crippen LogP contribution in [-0.4, -0.2) is 23.8 Å². The molecule has 0 amide bonds. The van der Waals surface area contributed by atoms with E-state index in [2.05, 4.69) is 70.7 Å². The van der Waals surface area contributed by atoms with E-state index in [9.17, 15) is 0 Å². The van der Waals surface area contributed by atoms with Gasteiger partial charge in [-0.3, -0.25) is 4.68 Å². The number of aryl methyl sites for hydroxylation is 1. The standard InChI is InChI=1S/C17H23N3/c1-2-15-7-3-4-8-17(15)19-13-9-16(10-14-19)18-20-11-5-6-12-20/h3-8,11-12,16,18H,2,9-10,13-14H2,1H3. The molecule has 106 valence electrons. The van der Waals surface area contributed by atoms with Gasteiger partial charge in [0, 0.05) is 37.2 Å². The minimum atomic E-state index is 0.576. The second-order valence-electron chi connectivity index (χ2n) is 5.46. The Morgan fingerprint density at radius 3 is 2.45 bits per heavy atom. The summed E-state index contributed by atoms with van der Waals surface area (Å²) in [6.45, 7) is 4.51. The first-order valence-corrected chi connectivity index (χ1v) is 7.59. The van der Waals surface area contributed by atoms with E-state index in [1.807, 2.05) is 0 Å². The number of benzene rings is 1. The smallest absolute Gasteiger partial charge is 0.0458 e. The normalized spacial score (nSPS) is 16.4. The molecule has 1 N–H and O–H groups in total. The molecule has 0 aliphatic carbocycles. The van der Waals surface area contributed by atoms with Crippen LogP contribution in [0.5, 0.6) is 0 Å². The Hall–Kier alpha value is -1.90. The molecule has 0 spiro atoms. The van der Waals surface area contributed by atoms with E-state index in [1.165, 1.54) is 24.1 Å². The number of rotatable bonds is 4. The summed E-state index contributed by atoms with van der Waals surface area (Å²) < 4.78 is 2.07. The summed E-state index contributed by atoms with van der Waals surface area (Å²) in [5.41, 5.74) is 6.44. The number of anilines is 1. The van der Waals surface area contributed by atoms with Crippen molar-refractivity contribution in [3.8, 4) is 0 Å². The Morgan fingerprint density at radius 1 is 1.05 bits per heavy atom. The molecule has 0 unspecified atom stereocenters. The predicted molar refractivity (Wildman–Crippen MR) is 84.8 cm³/mol. The molecule has 3 rings (SSSR count). The van der Waals surface area contributed by atoms with Gasteiger partial charge in [-0.25, -0.2) is 0 Å². The first-order valence-electron chi connectivity index (χ1n) is 7.59. The molecule has 0 atom stereocenters. The Balaban J connectivity index is 1.60. The van der Waals surface area contributed by atoms with Crippen molar-refractivity contribution in [2.45, 2.75) is 32.2 Å². The minimum Gasteiger partial charge on any atom is -0.371 e. The molecule has 1 aliphatic rings. The highest BCUT2D eigenvalue weighted by Crippen LogP contribution is 2.24. The lowest BCUT2D eigenvalue weighted by molar-refractivity contribution is 0.493. The summed E-state index contributed by atoms with van der Waals surface area (Å²) in [7, 11) is 0. The van der Waals surface area contributed by atoms with Gasteiger partial charge in [0.25, 0.3) is 0 Å². The third-order valence-electron chi connectivity index (χ3n) is 4.14. The second kappa shape index (κ2) is 6.04. The van der Waals surface area contributed by atoms with E-state index in [0.717, 1.165) is 19.5 Å². The average molecular weight is 269 g/mol. The van der Waals surface area contributed by atoms with E-state index >= 15 is 0 Å². The van der Waals surface area contributed by atoms with Crippen LogP contribution in [0.2, 0.25) is 0 Å². The van der Waals surface area contributed by atoms with Gasteiger partial charge >= 0.3 is 0 Å². The molecule has 0 bridgehead atoms. The van der Waals surface area contributed by atoms with Crippen LogP contribution in [0.1, 0.15) is 25.3 Å². The molecule has 3 nitrogen and oxygen atoms in total. The van der Waals surface area contributed by atoms with Crippen LogP contribution in [0.25, 0.3) is 0 Å². The first-order chi connectivity index (χ1) is 9.86. The highest BCUT2D eigenvalue weighted by Gasteiger charge is 2.20. The van der Waals surface area contributed by atoms with Crippen molar-refractivity contribution in [1.29, 1.82) is 0 Å². The predicted octanol–water partition coefficient (Wildman–Crippen LogP) is 3.26. The Labute approximate surface area is 121 Å². The number of para-hydroxylation sites is 1. The van der Waals surface area contributed by atoms with E-state index in [1.54, 1.807) is 0 Å². The molecule has 2 heterocycles. The van der Waals surface area contributed by atoms with Crippen LogP contribution < -0.4 is 10.3 Å². The van der Waals surface area contributed by atoms with Crippen LogP contribution in [0.4, 0.5) is 5.69 Å². The first kappa shape index (κ1) is 13.1. The molecule has 1 aliphatic heterocycles.